The first-order chi connectivity index (χ1) is 15.1. The molecular formula is C22H28FN7O. The van der Waals surface area contributed by atoms with Crippen molar-refractivity contribution in [1.82, 2.24) is 29.9 Å². The number of piperidine rings is 1. The second-order valence-corrected chi connectivity index (χ2v) is 8.54. The summed E-state index contributed by atoms with van der Waals surface area (Å²) in [5, 5.41) is 11.6. The van der Waals surface area contributed by atoms with E-state index in [1.165, 1.54) is 12.6 Å². The highest BCUT2D eigenvalue weighted by atomic mass is 19.1. The van der Waals surface area contributed by atoms with E-state index in [-0.39, 0.29) is 17.2 Å². The molecule has 3 aromatic rings. The summed E-state index contributed by atoms with van der Waals surface area (Å²) in [6.45, 7) is 4.04. The molecular weight excluding hydrogens is 397 g/mol. The van der Waals surface area contributed by atoms with Gasteiger partial charge in [0.2, 0.25) is 5.95 Å². The van der Waals surface area contributed by atoms with Crippen LogP contribution in [0.1, 0.15) is 51.1 Å². The van der Waals surface area contributed by atoms with Crippen LogP contribution in [-0.2, 0) is 5.41 Å². The lowest BCUT2D eigenvalue weighted by atomic mass is 9.64. The van der Waals surface area contributed by atoms with Crippen LogP contribution in [0.5, 0.6) is 5.75 Å². The van der Waals surface area contributed by atoms with Gasteiger partial charge in [0.15, 0.2) is 11.5 Å². The van der Waals surface area contributed by atoms with Crippen LogP contribution in [-0.4, -0.2) is 50.8 Å². The average Bonchev–Trinajstić information content (AvgIpc) is 3.17. The van der Waals surface area contributed by atoms with Crippen LogP contribution in [0.2, 0.25) is 0 Å². The van der Waals surface area contributed by atoms with Gasteiger partial charge in [0.05, 0.1) is 19.5 Å². The van der Waals surface area contributed by atoms with Gasteiger partial charge in [0.25, 0.3) is 0 Å². The summed E-state index contributed by atoms with van der Waals surface area (Å²) in [4.78, 5) is 13.1. The lowest BCUT2D eigenvalue weighted by Gasteiger charge is -2.41. The van der Waals surface area contributed by atoms with Crippen molar-refractivity contribution < 1.29 is 9.13 Å². The van der Waals surface area contributed by atoms with Crippen molar-refractivity contribution in [2.24, 2.45) is 0 Å². The summed E-state index contributed by atoms with van der Waals surface area (Å²) < 4.78 is 22.1. The molecule has 0 amide bonds. The number of anilines is 1. The van der Waals surface area contributed by atoms with E-state index in [0.29, 0.717) is 17.3 Å². The number of rotatable bonds is 6. The van der Waals surface area contributed by atoms with E-state index in [0.717, 1.165) is 56.6 Å². The second-order valence-electron chi connectivity index (χ2n) is 8.54. The predicted octanol–water partition coefficient (Wildman–Crippen LogP) is 3.33. The van der Waals surface area contributed by atoms with E-state index in [9.17, 15) is 4.39 Å². The molecule has 0 radical (unpaired) electrons. The van der Waals surface area contributed by atoms with E-state index < -0.39 is 5.82 Å². The van der Waals surface area contributed by atoms with Gasteiger partial charge in [0, 0.05) is 24.1 Å². The number of aromatic nitrogens is 5. The third kappa shape index (κ3) is 3.50. The SMILES string of the molecule is CCC1(c2nn3c(-c4nc(NC5CCCNC5)ncc4F)cnc3cc2OC)CCC1. The Kier molecular flexibility index (Phi) is 5.21. The van der Waals surface area contributed by atoms with Crippen LogP contribution in [0.4, 0.5) is 10.3 Å². The molecule has 5 rings (SSSR count). The zero-order valence-corrected chi connectivity index (χ0v) is 18.0. The summed E-state index contributed by atoms with van der Waals surface area (Å²) in [5.74, 6) is 0.654. The molecule has 0 aromatic carbocycles. The standard InChI is InChI=1S/C22H28FN7O/c1-3-22(7-5-8-22)20-17(31-2)10-18-25-13-16(30(18)29-20)19-15(23)12-26-21(28-19)27-14-6-4-9-24-11-14/h10,12-14,24H,3-9,11H2,1-2H3,(H,26,27,28). The third-order valence-electron chi connectivity index (χ3n) is 6.78. The Labute approximate surface area is 180 Å². The zero-order chi connectivity index (χ0) is 21.4. The van der Waals surface area contributed by atoms with Crippen molar-refractivity contribution in [2.45, 2.75) is 56.9 Å². The maximum Gasteiger partial charge on any atom is 0.223 e. The van der Waals surface area contributed by atoms with Gasteiger partial charge >= 0.3 is 0 Å². The van der Waals surface area contributed by atoms with Crippen LogP contribution < -0.4 is 15.4 Å². The molecule has 0 spiro atoms. The molecule has 1 atom stereocenters. The largest absolute Gasteiger partial charge is 0.495 e. The average molecular weight is 426 g/mol. The number of hydrogen-bond donors (Lipinski definition) is 2. The van der Waals surface area contributed by atoms with E-state index in [1.807, 2.05) is 6.07 Å². The monoisotopic (exact) mass is 425 g/mol. The normalized spacial score (nSPS) is 20.4. The fourth-order valence-electron chi connectivity index (χ4n) is 4.72. The Bertz CT molecular complexity index is 1080. The Hall–Kier alpha value is -2.81. The molecule has 1 unspecified atom stereocenters. The fraction of sp³-hybridized carbons (Fsp3) is 0.545. The summed E-state index contributed by atoms with van der Waals surface area (Å²) in [6, 6.07) is 2.11. The van der Waals surface area contributed by atoms with Gasteiger partial charge in [-0.05, 0) is 38.6 Å². The molecule has 0 bridgehead atoms. The lowest BCUT2D eigenvalue weighted by molar-refractivity contribution is 0.216. The van der Waals surface area contributed by atoms with Crippen molar-refractivity contribution in [1.29, 1.82) is 0 Å². The van der Waals surface area contributed by atoms with Crippen LogP contribution in [0.15, 0.2) is 18.5 Å². The van der Waals surface area contributed by atoms with Crippen LogP contribution in [0.25, 0.3) is 17.0 Å². The summed E-state index contributed by atoms with van der Waals surface area (Å²) in [7, 11) is 1.66. The van der Waals surface area contributed by atoms with Gasteiger partial charge < -0.3 is 15.4 Å². The molecule has 4 heterocycles. The molecule has 1 aliphatic heterocycles. The Morgan fingerprint density at radius 2 is 2.16 bits per heavy atom. The molecule has 2 N–H and O–H groups in total. The number of nitrogens with one attached hydrogen (secondary N) is 2. The first-order valence-corrected chi connectivity index (χ1v) is 11.1. The highest BCUT2D eigenvalue weighted by molar-refractivity contribution is 5.62. The van der Waals surface area contributed by atoms with Gasteiger partial charge in [0.1, 0.15) is 22.8 Å². The topological polar surface area (TPSA) is 89.3 Å². The number of halogens is 1. The molecule has 1 aliphatic carbocycles. The molecule has 1 saturated heterocycles. The van der Waals surface area contributed by atoms with Crippen molar-refractivity contribution in [3.05, 3.63) is 30.0 Å². The minimum absolute atomic E-state index is 0.00594. The lowest BCUT2D eigenvalue weighted by Crippen LogP contribution is -2.38. The van der Waals surface area contributed by atoms with Crippen molar-refractivity contribution in [2.75, 3.05) is 25.5 Å². The molecule has 3 aromatic heterocycles. The molecule has 164 valence electrons. The Morgan fingerprint density at radius 3 is 2.84 bits per heavy atom. The maximum absolute atomic E-state index is 14.8. The molecule has 8 nitrogen and oxygen atoms in total. The van der Waals surface area contributed by atoms with E-state index in [2.05, 4.69) is 32.5 Å². The van der Waals surface area contributed by atoms with Gasteiger partial charge in [-0.15, -0.1) is 0 Å². The number of nitrogens with zero attached hydrogens (tertiary/aromatic N) is 5. The minimum Gasteiger partial charge on any atom is -0.495 e. The van der Waals surface area contributed by atoms with Gasteiger partial charge in [-0.3, -0.25) is 0 Å². The molecule has 2 fully saturated rings. The van der Waals surface area contributed by atoms with Gasteiger partial charge in [-0.2, -0.15) is 5.10 Å². The van der Waals surface area contributed by atoms with Crippen LogP contribution in [0.3, 0.4) is 0 Å². The van der Waals surface area contributed by atoms with E-state index in [4.69, 9.17) is 9.84 Å². The van der Waals surface area contributed by atoms with Crippen LogP contribution >= 0.6 is 0 Å². The van der Waals surface area contributed by atoms with Crippen molar-refractivity contribution >= 4 is 11.6 Å². The van der Waals surface area contributed by atoms with Gasteiger partial charge in [-0.1, -0.05) is 13.3 Å². The Balaban J connectivity index is 1.56. The first-order valence-electron chi connectivity index (χ1n) is 11.1. The number of fused-ring (bicyclic) bond motifs is 1. The number of ether oxygens (including phenoxy) is 1. The predicted molar refractivity (Wildman–Crippen MR) is 116 cm³/mol. The number of imidazole rings is 1. The summed E-state index contributed by atoms with van der Waals surface area (Å²) >= 11 is 0. The molecule has 2 aliphatic rings. The molecule has 1 saturated carbocycles. The smallest absolute Gasteiger partial charge is 0.223 e. The van der Waals surface area contributed by atoms with Gasteiger partial charge in [-0.25, -0.2) is 23.9 Å². The summed E-state index contributed by atoms with van der Waals surface area (Å²) in [5.41, 5.74) is 2.22. The molecule has 31 heavy (non-hydrogen) atoms. The molecule has 9 heteroatoms. The van der Waals surface area contributed by atoms with E-state index >= 15 is 0 Å². The minimum atomic E-state index is -0.498. The first kappa shape index (κ1) is 20.1. The number of hydrogen-bond acceptors (Lipinski definition) is 7. The third-order valence-corrected chi connectivity index (χ3v) is 6.78. The number of methoxy groups -OCH3 is 1. The summed E-state index contributed by atoms with van der Waals surface area (Å²) in [6.07, 6.45) is 9.26. The van der Waals surface area contributed by atoms with E-state index in [1.54, 1.807) is 17.8 Å². The highest BCUT2D eigenvalue weighted by Gasteiger charge is 2.41. The maximum atomic E-state index is 14.8. The fourth-order valence-corrected chi connectivity index (χ4v) is 4.72. The van der Waals surface area contributed by atoms with Crippen molar-refractivity contribution in [3.8, 4) is 17.1 Å². The van der Waals surface area contributed by atoms with Crippen LogP contribution in [0, 0.1) is 5.82 Å². The highest BCUT2D eigenvalue weighted by Crippen LogP contribution is 2.48. The second kappa shape index (κ2) is 8.03. The quantitative estimate of drug-likeness (QED) is 0.626. The Morgan fingerprint density at radius 1 is 1.29 bits per heavy atom. The zero-order valence-electron chi connectivity index (χ0n) is 18.0. The van der Waals surface area contributed by atoms with Crippen molar-refractivity contribution in [3.63, 3.8) is 0 Å².